The van der Waals surface area contributed by atoms with Crippen molar-refractivity contribution in [2.45, 2.75) is 26.6 Å². The molecule has 0 aliphatic heterocycles. The molecular formula is C19H23N5S. The van der Waals surface area contributed by atoms with Gasteiger partial charge in [0.2, 0.25) is 0 Å². The topological polar surface area (TPSA) is 54.2 Å². The van der Waals surface area contributed by atoms with Crippen LogP contribution in [0.4, 0.5) is 0 Å². The minimum Gasteiger partial charge on any atom is -0.357 e. The van der Waals surface area contributed by atoms with Crippen molar-refractivity contribution in [2.24, 2.45) is 4.99 Å². The van der Waals surface area contributed by atoms with E-state index in [9.17, 15) is 0 Å². The Bertz CT molecular complexity index is 778. The van der Waals surface area contributed by atoms with E-state index in [0.29, 0.717) is 6.54 Å². The molecule has 3 aromatic rings. The van der Waals surface area contributed by atoms with Gasteiger partial charge in [0.15, 0.2) is 5.96 Å². The molecule has 0 unspecified atom stereocenters. The second-order valence-electron chi connectivity index (χ2n) is 5.70. The van der Waals surface area contributed by atoms with Gasteiger partial charge in [-0.05, 0) is 46.5 Å². The number of guanidine groups is 1. The van der Waals surface area contributed by atoms with Crippen LogP contribution in [0.25, 0.3) is 0 Å². The van der Waals surface area contributed by atoms with Gasteiger partial charge < -0.3 is 10.6 Å². The molecule has 2 N–H and O–H groups in total. The molecule has 0 aliphatic carbocycles. The van der Waals surface area contributed by atoms with E-state index in [1.54, 1.807) is 17.5 Å². The average Bonchev–Trinajstić information content (AvgIpc) is 3.31. The Hall–Kier alpha value is -2.60. The Morgan fingerprint density at radius 1 is 1.16 bits per heavy atom. The molecule has 0 saturated carbocycles. The summed E-state index contributed by atoms with van der Waals surface area (Å²) < 4.78 is 1.93. The Labute approximate surface area is 152 Å². The summed E-state index contributed by atoms with van der Waals surface area (Å²) in [6, 6.07) is 12.6. The molecule has 0 aliphatic rings. The number of nitrogens with one attached hydrogen (secondary N) is 2. The first-order chi connectivity index (χ1) is 12.3. The predicted molar refractivity (Wildman–Crippen MR) is 104 cm³/mol. The van der Waals surface area contributed by atoms with E-state index >= 15 is 0 Å². The number of hydrogen-bond acceptors (Lipinski definition) is 3. The van der Waals surface area contributed by atoms with Crippen molar-refractivity contribution in [2.75, 3.05) is 6.54 Å². The second kappa shape index (κ2) is 9.03. The molecule has 0 saturated heterocycles. The molecule has 6 heteroatoms. The molecule has 1 aromatic carbocycles. The largest absolute Gasteiger partial charge is 0.357 e. The van der Waals surface area contributed by atoms with Gasteiger partial charge in [0, 0.05) is 25.5 Å². The second-order valence-corrected chi connectivity index (χ2v) is 6.48. The smallest absolute Gasteiger partial charge is 0.191 e. The van der Waals surface area contributed by atoms with E-state index in [-0.39, 0.29) is 0 Å². The highest BCUT2D eigenvalue weighted by atomic mass is 32.1. The quantitative estimate of drug-likeness (QED) is 0.506. The SMILES string of the molecule is CCNC(=NCc1ccsc1)NCc1cccc(Cn2cccn2)c1. The van der Waals surface area contributed by atoms with Crippen molar-refractivity contribution < 1.29 is 0 Å². The summed E-state index contributed by atoms with van der Waals surface area (Å²) in [4.78, 5) is 4.64. The third kappa shape index (κ3) is 5.46. The van der Waals surface area contributed by atoms with Crippen LogP contribution in [-0.4, -0.2) is 22.3 Å². The minimum atomic E-state index is 0.693. The molecule has 0 fully saturated rings. The first-order valence-electron chi connectivity index (χ1n) is 8.42. The van der Waals surface area contributed by atoms with E-state index in [4.69, 9.17) is 0 Å². The number of nitrogens with zero attached hydrogens (tertiary/aromatic N) is 3. The molecule has 5 nitrogen and oxygen atoms in total. The van der Waals surface area contributed by atoms with E-state index in [1.165, 1.54) is 16.7 Å². The molecule has 2 aromatic heterocycles. The summed E-state index contributed by atoms with van der Waals surface area (Å²) >= 11 is 1.70. The monoisotopic (exact) mass is 353 g/mol. The summed E-state index contributed by atoms with van der Waals surface area (Å²) in [5.41, 5.74) is 3.71. The Morgan fingerprint density at radius 2 is 2.08 bits per heavy atom. The van der Waals surface area contributed by atoms with Gasteiger partial charge in [-0.2, -0.15) is 16.4 Å². The lowest BCUT2D eigenvalue weighted by molar-refractivity contribution is 0.685. The van der Waals surface area contributed by atoms with Crippen LogP contribution >= 0.6 is 11.3 Å². The van der Waals surface area contributed by atoms with Gasteiger partial charge in [0.05, 0.1) is 13.1 Å². The molecule has 130 valence electrons. The zero-order valence-corrected chi connectivity index (χ0v) is 15.2. The number of benzene rings is 1. The van der Waals surface area contributed by atoms with Gasteiger partial charge in [-0.3, -0.25) is 4.68 Å². The lowest BCUT2D eigenvalue weighted by Crippen LogP contribution is -2.36. The molecular weight excluding hydrogens is 330 g/mol. The Kier molecular flexibility index (Phi) is 6.23. The van der Waals surface area contributed by atoms with Crippen LogP contribution in [0.5, 0.6) is 0 Å². The van der Waals surface area contributed by atoms with Crippen LogP contribution < -0.4 is 10.6 Å². The summed E-state index contributed by atoms with van der Waals surface area (Å²) in [6.45, 7) is 5.13. The normalized spacial score (nSPS) is 11.5. The van der Waals surface area contributed by atoms with E-state index in [2.05, 4.69) is 68.7 Å². The maximum absolute atomic E-state index is 4.64. The van der Waals surface area contributed by atoms with Crippen LogP contribution in [0.2, 0.25) is 0 Å². The zero-order chi connectivity index (χ0) is 17.3. The molecule has 2 heterocycles. The standard InChI is InChI=1S/C19H23N5S/c1-2-20-19(22-13-18-7-10-25-15-18)21-12-16-5-3-6-17(11-16)14-24-9-4-8-23-24/h3-11,15H,2,12-14H2,1H3,(H2,20,21,22). The number of aromatic nitrogens is 2. The average molecular weight is 353 g/mol. The van der Waals surface area contributed by atoms with Crippen LogP contribution in [0, 0.1) is 0 Å². The highest BCUT2D eigenvalue weighted by molar-refractivity contribution is 7.07. The predicted octanol–water partition coefficient (Wildman–Crippen LogP) is 3.25. The van der Waals surface area contributed by atoms with Crippen molar-refractivity contribution in [1.29, 1.82) is 0 Å². The molecule has 0 atom stereocenters. The first-order valence-corrected chi connectivity index (χ1v) is 9.36. The van der Waals surface area contributed by atoms with E-state index in [0.717, 1.165) is 25.6 Å². The fourth-order valence-electron chi connectivity index (χ4n) is 2.50. The summed E-state index contributed by atoms with van der Waals surface area (Å²) in [6.07, 6.45) is 3.78. The number of aliphatic imine (C=N–C) groups is 1. The lowest BCUT2D eigenvalue weighted by Gasteiger charge is -2.12. The summed E-state index contributed by atoms with van der Waals surface area (Å²) in [5.74, 6) is 0.839. The third-order valence-electron chi connectivity index (χ3n) is 3.70. The summed E-state index contributed by atoms with van der Waals surface area (Å²) in [5, 5.41) is 15.2. The highest BCUT2D eigenvalue weighted by Gasteiger charge is 2.01. The minimum absolute atomic E-state index is 0.693. The fraction of sp³-hybridized carbons (Fsp3) is 0.263. The number of rotatable bonds is 7. The molecule has 0 radical (unpaired) electrons. The van der Waals surface area contributed by atoms with Gasteiger partial charge in [-0.15, -0.1) is 0 Å². The van der Waals surface area contributed by atoms with Crippen LogP contribution in [0.1, 0.15) is 23.6 Å². The van der Waals surface area contributed by atoms with E-state index in [1.807, 2.05) is 16.9 Å². The molecule has 0 amide bonds. The summed E-state index contributed by atoms with van der Waals surface area (Å²) in [7, 11) is 0. The maximum atomic E-state index is 4.64. The molecule has 3 rings (SSSR count). The van der Waals surface area contributed by atoms with Crippen molar-refractivity contribution in [3.63, 3.8) is 0 Å². The first kappa shape index (κ1) is 17.2. The lowest BCUT2D eigenvalue weighted by atomic mass is 10.1. The van der Waals surface area contributed by atoms with Gasteiger partial charge in [-0.25, -0.2) is 4.99 Å². The maximum Gasteiger partial charge on any atom is 0.191 e. The van der Waals surface area contributed by atoms with Gasteiger partial charge >= 0.3 is 0 Å². The molecule has 25 heavy (non-hydrogen) atoms. The fourth-order valence-corrected chi connectivity index (χ4v) is 3.16. The van der Waals surface area contributed by atoms with Crippen LogP contribution in [0.15, 0.2) is 64.5 Å². The number of thiophene rings is 1. The van der Waals surface area contributed by atoms with Crippen LogP contribution in [0.3, 0.4) is 0 Å². The van der Waals surface area contributed by atoms with Gasteiger partial charge in [0.25, 0.3) is 0 Å². The van der Waals surface area contributed by atoms with Crippen molar-refractivity contribution in [3.05, 3.63) is 76.2 Å². The van der Waals surface area contributed by atoms with E-state index < -0.39 is 0 Å². The molecule has 0 bridgehead atoms. The van der Waals surface area contributed by atoms with Gasteiger partial charge in [-0.1, -0.05) is 24.3 Å². The third-order valence-corrected chi connectivity index (χ3v) is 4.43. The van der Waals surface area contributed by atoms with Crippen LogP contribution in [-0.2, 0) is 19.6 Å². The number of hydrogen-bond donors (Lipinski definition) is 2. The Balaban J connectivity index is 1.59. The Morgan fingerprint density at radius 3 is 2.84 bits per heavy atom. The zero-order valence-electron chi connectivity index (χ0n) is 14.4. The van der Waals surface area contributed by atoms with Crippen molar-refractivity contribution in [3.8, 4) is 0 Å². The highest BCUT2D eigenvalue weighted by Crippen LogP contribution is 2.08. The van der Waals surface area contributed by atoms with Gasteiger partial charge in [0.1, 0.15) is 0 Å². The molecule has 0 spiro atoms. The van der Waals surface area contributed by atoms with Crippen molar-refractivity contribution >= 4 is 17.3 Å². The van der Waals surface area contributed by atoms with Crippen molar-refractivity contribution in [1.82, 2.24) is 20.4 Å².